The van der Waals surface area contributed by atoms with Gasteiger partial charge in [-0.1, -0.05) is 78.9 Å². The average Bonchev–Trinajstić information content (AvgIpc) is 2.90. The summed E-state index contributed by atoms with van der Waals surface area (Å²) in [6, 6.07) is 27.4. The van der Waals surface area contributed by atoms with Crippen LogP contribution in [-0.4, -0.2) is 44.9 Å². The highest BCUT2D eigenvalue weighted by Gasteiger charge is 2.31. The molecule has 4 rings (SSSR count). The van der Waals surface area contributed by atoms with Gasteiger partial charge in [0, 0.05) is 24.7 Å². The Kier molecular flexibility index (Phi) is 8.82. The van der Waals surface area contributed by atoms with Crippen molar-refractivity contribution in [2.75, 3.05) is 32.1 Å². The number of ether oxygens (including phenoxy) is 1. The molecule has 3 aromatic carbocycles. The number of carbonyl (C=O) groups is 1. The zero-order valence-electron chi connectivity index (χ0n) is 19.6. The van der Waals surface area contributed by atoms with E-state index in [0.29, 0.717) is 0 Å². The lowest BCUT2D eigenvalue weighted by Gasteiger charge is -2.28. The third-order valence-electron chi connectivity index (χ3n) is 6.19. The number of amides is 1. The number of aryl methyl sites for hydroxylation is 1. The Labute approximate surface area is 201 Å². The number of morpholine rings is 1. The molecule has 1 aliphatic heterocycles. The van der Waals surface area contributed by atoms with E-state index in [1.807, 2.05) is 78.9 Å². The van der Waals surface area contributed by atoms with Gasteiger partial charge in [0.1, 0.15) is 6.04 Å². The Morgan fingerprint density at radius 1 is 1.00 bits per heavy atom. The van der Waals surface area contributed by atoms with Gasteiger partial charge in [-0.25, -0.2) is 0 Å². The number of hydrogen-bond acceptors (Lipinski definition) is 5. The normalized spacial score (nSPS) is 16.8. The molecule has 1 aliphatic rings. The van der Waals surface area contributed by atoms with Crippen molar-refractivity contribution in [2.24, 2.45) is 0 Å². The monoisotopic (exact) mass is 459 g/mol. The predicted octanol–water partition coefficient (Wildman–Crippen LogP) is 3.90. The Balaban J connectivity index is 1.56. The van der Waals surface area contributed by atoms with Crippen molar-refractivity contribution in [2.45, 2.75) is 30.9 Å². The Morgan fingerprint density at radius 2 is 1.65 bits per heavy atom. The van der Waals surface area contributed by atoms with Crippen LogP contribution in [0.1, 0.15) is 29.0 Å². The Bertz CT molecular complexity index is 984. The first-order valence-corrected chi connectivity index (χ1v) is 11.9. The molecular weight excluding hydrogens is 426 g/mol. The van der Waals surface area contributed by atoms with Crippen LogP contribution in [0.25, 0.3) is 0 Å². The fourth-order valence-corrected chi connectivity index (χ4v) is 4.49. The highest BCUT2D eigenvalue weighted by atomic mass is 16.6. The van der Waals surface area contributed by atoms with Crippen molar-refractivity contribution < 1.29 is 14.4 Å². The summed E-state index contributed by atoms with van der Waals surface area (Å²) in [7, 11) is 1.54. The van der Waals surface area contributed by atoms with E-state index in [9.17, 15) is 4.79 Å². The van der Waals surface area contributed by atoms with Gasteiger partial charge in [-0.2, -0.15) is 5.48 Å². The second kappa shape index (κ2) is 12.4. The smallest absolute Gasteiger partial charge is 0.244 e. The first-order valence-electron chi connectivity index (χ1n) is 11.9. The number of carbonyl (C=O) groups excluding carboxylic acids is 1. The van der Waals surface area contributed by atoms with Crippen LogP contribution in [0.5, 0.6) is 0 Å². The van der Waals surface area contributed by atoms with Gasteiger partial charge in [-0.15, -0.1) is 0 Å². The summed E-state index contributed by atoms with van der Waals surface area (Å²) >= 11 is 0. The molecule has 3 aromatic rings. The van der Waals surface area contributed by atoms with E-state index < -0.39 is 6.04 Å². The van der Waals surface area contributed by atoms with E-state index >= 15 is 0 Å². The van der Waals surface area contributed by atoms with E-state index in [-0.39, 0.29) is 17.9 Å². The zero-order chi connectivity index (χ0) is 23.6. The molecule has 34 heavy (non-hydrogen) atoms. The van der Waals surface area contributed by atoms with Gasteiger partial charge in [-0.05, 0) is 35.6 Å². The van der Waals surface area contributed by atoms with Gasteiger partial charge < -0.3 is 20.2 Å². The molecule has 1 heterocycles. The lowest BCUT2D eigenvalue weighted by atomic mass is 9.85. The average molecular weight is 460 g/mol. The minimum atomic E-state index is -0.631. The summed E-state index contributed by atoms with van der Waals surface area (Å²) in [5.41, 5.74) is 6.95. The van der Waals surface area contributed by atoms with Crippen molar-refractivity contribution in [3.05, 3.63) is 102 Å². The van der Waals surface area contributed by atoms with Gasteiger partial charge in [0.05, 0.1) is 19.8 Å². The topological polar surface area (TPSA) is 71.6 Å². The number of para-hydroxylation sites is 1. The van der Waals surface area contributed by atoms with Crippen LogP contribution in [0.4, 0.5) is 5.69 Å². The molecule has 6 heteroatoms. The summed E-state index contributed by atoms with van der Waals surface area (Å²) in [6.45, 7) is 2.51. The summed E-state index contributed by atoms with van der Waals surface area (Å²) in [4.78, 5) is 19.0. The lowest BCUT2D eigenvalue weighted by Crippen LogP contribution is -2.45. The molecule has 2 atom stereocenters. The molecule has 0 radical (unpaired) electrons. The van der Waals surface area contributed by atoms with Crippen LogP contribution < -0.4 is 16.1 Å². The Hall–Kier alpha value is -3.03. The van der Waals surface area contributed by atoms with Crippen LogP contribution in [0.3, 0.4) is 0 Å². The highest BCUT2D eigenvalue weighted by Crippen LogP contribution is 2.29. The van der Waals surface area contributed by atoms with Gasteiger partial charge in [-0.3, -0.25) is 4.79 Å². The van der Waals surface area contributed by atoms with E-state index in [2.05, 4.69) is 22.2 Å². The van der Waals surface area contributed by atoms with Crippen LogP contribution in [-0.2, 0) is 20.8 Å². The minimum absolute atomic E-state index is 0.150. The van der Waals surface area contributed by atoms with E-state index in [1.54, 1.807) is 7.11 Å². The molecule has 0 unspecified atom stereocenters. The number of anilines is 1. The molecule has 0 saturated carbocycles. The Morgan fingerprint density at radius 3 is 2.26 bits per heavy atom. The largest absolute Gasteiger partial charge is 0.376 e. The number of hydroxylamine groups is 1. The molecular formula is C28H33N3O3. The standard InChI is InChI=1S/C28H33N3O3/c1-33-31-27(26(22-11-4-2-5-12-22)23-13-6-3-7-14-23)28(32)30-25-15-9-8-10-21(25)16-17-24-20-29-18-19-34-24/h2-15,24,26-27,29,31H,16-20H2,1H3,(H,30,32)/t24-,27+/m1/s1. The van der Waals surface area contributed by atoms with Crippen LogP contribution >= 0.6 is 0 Å². The molecule has 3 N–H and O–H groups in total. The second-order valence-corrected chi connectivity index (χ2v) is 8.48. The molecule has 178 valence electrons. The summed E-state index contributed by atoms with van der Waals surface area (Å²) in [5, 5.41) is 6.54. The summed E-state index contributed by atoms with van der Waals surface area (Å²) in [6.07, 6.45) is 1.92. The van der Waals surface area contributed by atoms with Crippen LogP contribution in [0.2, 0.25) is 0 Å². The molecule has 0 bridgehead atoms. The molecule has 1 amide bonds. The molecule has 6 nitrogen and oxygen atoms in total. The fraction of sp³-hybridized carbons (Fsp3) is 0.321. The first kappa shape index (κ1) is 24.1. The molecule has 0 spiro atoms. The number of rotatable bonds is 10. The van der Waals surface area contributed by atoms with Crippen LogP contribution in [0.15, 0.2) is 84.9 Å². The van der Waals surface area contributed by atoms with Gasteiger partial charge >= 0.3 is 0 Å². The SMILES string of the molecule is CON[C@H](C(=O)Nc1ccccc1CC[C@@H]1CNCCO1)C(c1ccccc1)c1ccccc1. The van der Waals surface area contributed by atoms with Crippen molar-refractivity contribution in [3.63, 3.8) is 0 Å². The maximum Gasteiger partial charge on any atom is 0.244 e. The van der Waals surface area contributed by atoms with Crippen molar-refractivity contribution in [1.82, 2.24) is 10.8 Å². The fourth-order valence-electron chi connectivity index (χ4n) is 4.49. The van der Waals surface area contributed by atoms with Gasteiger partial charge in [0.15, 0.2) is 0 Å². The number of hydrogen-bond donors (Lipinski definition) is 3. The molecule has 0 aliphatic carbocycles. The number of nitrogens with one attached hydrogen (secondary N) is 3. The van der Waals surface area contributed by atoms with E-state index in [1.165, 1.54) is 0 Å². The van der Waals surface area contributed by atoms with Crippen LogP contribution in [0, 0.1) is 0 Å². The third kappa shape index (κ3) is 6.30. The van der Waals surface area contributed by atoms with Crippen molar-refractivity contribution in [3.8, 4) is 0 Å². The van der Waals surface area contributed by atoms with E-state index in [0.717, 1.165) is 54.9 Å². The zero-order valence-corrected chi connectivity index (χ0v) is 19.6. The predicted molar refractivity (Wildman–Crippen MR) is 135 cm³/mol. The molecule has 1 fully saturated rings. The van der Waals surface area contributed by atoms with Gasteiger partial charge in [0.25, 0.3) is 0 Å². The minimum Gasteiger partial charge on any atom is -0.376 e. The summed E-state index contributed by atoms with van der Waals surface area (Å²) < 4.78 is 5.84. The maximum absolute atomic E-state index is 13.7. The molecule has 0 aromatic heterocycles. The third-order valence-corrected chi connectivity index (χ3v) is 6.19. The quantitative estimate of drug-likeness (QED) is 0.401. The highest BCUT2D eigenvalue weighted by molar-refractivity contribution is 5.96. The maximum atomic E-state index is 13.7. The first-order chi connectivity index (χ1) is 16.8. The molecule has 1 saturated heterocycles. The summed E-state index contributed by atoms with van der Waals surface area (Å²) in [5.74, 6) is -0.376. The second-order valence-electron chi connectivity index (χ2n) is 8.48. The number of benzene rings is 3. The lowest BCUT2D eigenvalue weighted by molar-refractivity contribution is -0.122. The van der Waals surface area contributed by atoms with Crippen molar-refractivity contribution >= 4 is 11.6 Å². The van der Waals surface area contributed by atoms with Gasteiger partial charge in [0.2, 0.25) is 5.91 Å². The van der Waals surface area contributed by atoms with E-state index in [4.69, 9.17) is 9.57 Å². The van der Waals surface area contributed by atoms with Crippen molar-refractivity contribution in [1.29, 1.82) is 0 Å².